The van der Waals surface area contributed by atoms with Crippen LogP contribution in [0.3, 0.4) is 0 Å². The Morgan fingerprint density at radius 3 is 1.55 bits per heavy atom. The summed E-state index contributed by atoms with van der Waals surface area (Å²) in [4.78, 5) is 0. The Hall–Kier alpha value is -7.00. The smallest absolute Gasteiger partial charge is 0.0547 e. The molecule has 262 valence electrons. The van der Waals surface area contributed by atoms with Crippen LogP contribution >= 0.6 is 11.3 Å². The molecule has 56 heavy (non-hydrogen) atoms. The summed E-state index contributed by atoms with van der Waals surface area (Å²) in [5, 5.41) is 5.13. The predicted octanol–water partition coefficient (Wildman–Crippen LogP) is 15.5. The van der Waals surface area contributed by atoms with E-state index < -0.39 is 0 Å². The number of nitrogens with zero attached hydrogens (tertiary/aromatic N) is 1. The number of aromatic nitrogens is 1. The second-order valence-electron chi connectivity index (χ2n) is 14.5. The Labute approximate surface area is 330 Å². The van der Waals surface area contributed by atoms with Crippen LogP contribution in [0.25, 0.3) is 103 Å². The Morgan fingerprint density at radius 1 is 0.286 bits per heavy atom. The first-order chi connectivity index (χ1) is 27.7. The average molecular weight is 730 g/mol. The first kappa shape index (κ1) is 32.4. The van der Waals surface area contributed by atoms with E-state index in [2.05, 4.69) is 217 Å². The molecule has 0 fully saturated rings. The van der Waals surface area contributed by atoms with Gasteiger partial charge < -0.3 is 4.57 Å². The molecule has 0 atom stereocenters. The molecule has 2 heterocycles. The van der Waals surface area contributed by atoms with Crippen molar-refractivity contribution in [2.24, 2.45) is 0 Å². The molecule has 0 aliphatic rings. The summed E-state index contributed by atoms with van der Waals surface area (Å²) in [5.41, 5.74) is 15.7. The highest BCUT2D eigenvalue weighted by Crippen LogP contribution is 2.43. The fraction of sp³-hybridized carbons (Fsp3) is 0. The Kier molecular flexibility index (Phi) is 7.75. The van der Waals surface area contributed by atoms with Gasteiger partial charge in [0.15, 0.2) is 0 Å². The van der Waals surface area contributed by atoms with Crippen LogP contribution < -0.4 is 0 Å². The molecule has 0 radical (unpaired) electrons. The summed E-state index contributed by atoms with van der Waals surface area (Å²) >= 11 is 1.89. The third-order valence-electron chi connectivity index (χ3n) is 11.2. The Bertz CT molecular complexity index is 3220. The fourth-order valence-electron chi connectivity index (χ4n) is 8.46. The maximum Gasteiger partial charge on any atom is 0.0547 e. The van der Waals surface area contributed by atoms with Gasteiger partial charge in [-0.2, -0.15) is 0 Å². The molecule has 2 heteroatoms. The summed E-state index contributed by atoms with van der Waals surface area (Å²) in [6, 6.07) is 77.7. The topological polar surface area (TPSA) is 4.93 Å². The summed E-state index contributed by atoms with van der Waals surface area (Å²) in [6.07, 6.45) is 0. The molecule has 0 amide bonds. The molecule has 0 aliphatic carbocycles. The molecule has 11 aromatic rings. The van der Waals surface area contributed by atoms with Gasteiger partial charge in [-0.25, -0.2) is 0 Å². The molecule has 0 unspecified atom stereocenters. The van der Waals surface area contributed by atoms with E-state index in [0.717, 1.165) is 5.69 Å². The minimum atomic E-state index is 1.15. The number of thiophene rings is 1. The van der Waals surface area contributed by atoms with E-state index in [4.69, 9.17) is 0 Å². The van der Waals surface area contributed by atoms with E-state index in [9.17, 15) is 0 Å². The van der Waals surface area contributed by atoms with E-state index >= 15 is 0 Å². The predicted molar refractivity (Wildman–Crippen MR) is 241 cm³/mol. The number of hydrogen-bond donors (Lipinski definition) is 0. The third-order valence-corrected chi connectivity index (χ3v) is 12.4. The van der Waals surface area contributed by atoms with Crippen LogP contribution in [0.2, 0.25) is 0 Å². The molecule has 0 saturated heterocycles. The van der Waals surface area contributed by atoms with Gasteiger partial charge in [0.25, 0.3) is 0 Å². The number of hydrogen-bond acceptors (Lipinski definition) is 1. The van der Waals surface area contributed by atoms with Crippen molar-refractivity contribution >= 4 is 53.3 Å². The number of benzene rings is 9. The summed E-state index contributed by atoms with van der Waals surface area (Å²) in [6.45, 7) is 0. The maximum absolute atomic E-state index is 2.43. The quantitative estimate of drug-likeness (QED) is 0.161. The Balaban J connectivity index is 1.12. The van der Waals surface area contributed by atoms with Crippen LogP contribution in [0.1, 0.15) is 0 Å². The molecule has 0 aliphatic heterocycles. The van der Waals surface area contributed by atoms with Crippen LogP contribution in [0.15, 0.2) is 212 Å². The van der Waals surface area contributed by atoms with Crippen molar-refractivity contribution in [3.63, 3.8) is 0 Å². The van der Waals surface area contributed by atoms with Crippen molar-refractivity contribution in [3.8, 4) is 61.3 Å². The van der Waals surface area contributed by atoms with Crippen molar-refractivity contribution in [3.05, 3.63) is 212 Å². The molecular formula is C54H35NS. The highest BCUT2D eigenvalue weighted by atomic mass is 32.1. The van der Waals surface area contributed by atoms with Crippen LogP contribution in [-0.4, -0.2) is 4.57 Å². The summed E-state index contributed by atoms with van der Waals surface area (Å²) < 4.78 is 5.07. The van der Waals surface area contributed by atoms with Crippen LogP contribution in [0.4, 0.5) is 0 Å². The lowest BCUT2D eigenvalue weighted by Gasteiger charge is -2.14. The highest BCUT2D eigenvalue weighted by Gasteiger charge is 2.17. The standard InChI is InChI=1S/C54H35NS/c1-3-13-36(14-4-1)38-25-28-45(29-26-38)55-51-23-9-7-19-47(51)48-30-27-41(35-52(48)55)43-32-42(40-18-11-17-39(31-40)37-15-5-2-6-16-37)33-44(34-43)46-21-12-22-50-49-20-8-10-24-53(49)56-54(46)50/h1-35H. The Morgan fingerprint density at radius 2 is 0.786 bits per heavy atom. The minimum Gasteiger partial charge on any atom is -0.309 e. The van der Waals surface area contributed by atoms with Gasteiger partial charge in [-0.05, 0) is 110 Å². The lowest BCUT2D eigenvalue weighted by Crippen LogP contribution is -1.94. The largest absolute Gasteiger partial charge is 0.309 e. The third kappa shape index (κ3) is 5.54. The molecule has 1 nitrogen and oxygen atoms in total. The molecule has 0 saturated carbocycles. The molecule has 9 aromatic carbocycles. The second kappa shape index (κ2) is 13.4. The van der Waals surface area contributed by atoms with Crippen molar-refractivity contribution in [2.45, 2.75) is 0 Å². The second-order valence-corrected chi connectivity index (χ2v) is 15.6. The van der Waals surface area contributed by atoms with Gasteiger partial charge in [-0.3, -0.25) is 0 Å². The summed E-state index contributed by atoms with van der Waals surface area (Å²) in [5.74, 6) is 0. The minimum absolute atomic E-state index is 1.15. The molecule has 0 spiro atoms. The van der Waals surface area contributed by atoms with Crippen molar-refractivity contribution in [1.29, 1.82) is 0 Å². The van der Waals surface area contributed by atoms with Gasteiger partial charge in [0.1, 0.15) is 0 Å². The van der Waals surface area contributed by atoms with Crippen LogP contribution in [0, 0.1) is 0 Å². The van der Waals surface area contributed by atoms with Crippen LogP contribution in [0.5, 0.6) is 0 Å². The molecule has 11 rings (SSSR count). The number of rotatable bonds is 6. The van der Waals surface area contributed by atoms with E-state index in [0.29, 0.717) is 0 Å². The molecule has 0 bridgehead atoms. The van der Waals surface area contributed by atoms with E-state index in [1.165, 1.54) is 97.6 Å². The van der Waals surface area contributed by atoms with Crippen molar-refractivity contribution in [2.75, 3.05) is 0 Å². The number of para-hydroxylation sites is 1. The van der Waals surface area contributed by atoms with Gasteiger partial charge in [0.2, 0.25) is 0 Å². The molecular weight excluding hydrogens is 695 g/mol. The lowest BCUT2D eigenvalue weighted by atomic mass is 9.91. The van der Waals surface area contributed by atoms with E-state index in [1.807, 2.05) is 11.3 Å². The van der Waals surface area contributed by atoms with Gasteiger partial charge in [0.05, 0.1) is 11.0 Å². The first-order valence-electron chi connectivity index (χ1n) is 19.2. The van der Waals surface area contributed by atoms with Crippen molar-refractivity contribution < 1.29 is 0 Å². The fourth-order valence-corrected chi connectivity index (χ4v) is 9.70. The lowest BCUT2D eigenvalue weighted by molar-refractivity contribution is 1.18. The van der Waals surface area contributed by atoms with Gasteiger partial charge in [-0.1, -0.05) is 158 Å². The molecule has 2 aromatic heterocycles. The van der Waals surface area contributed by atoms with Gasteiger partial charge >= 0.3 is 0 Å². The van der Waals surface area contributed by atoms with E-state index in [-0.39, 0.29) is 0 Å². The first-order valence-corrected chi connectivity index (χ1v) is 20.0. The summed E-state index contributed by atoms with van der Waals surface area (Å²) in [7, 11) is 0. The zero-order valence-corrected chi connectivity index (χ0v) is 31.4. The average Bonchev–Trinajstić information content (AvgIpc) is 3.83. The van der Waals surface area contributed by atoms with Gasteiger partial charge in [-0.15, -0.1) is 11.3 Å². The maximum atomic E-state index is 2.43. The zero-order valence-electron chi connectivity index (χ0n) is 30.6. The van der Waals surface area contributed by atoms with Crippen LogP contribution in [-0.2, 0) is 0 Å². The van der Waals surface area contributed by atoms with E-state index in [1.54, 1.807) is 0 Å². The van der Waals surface area contributed by atoms with Crippen molar-refractivity contribution in [1.82, 2.24) is 4.57 Å². The monoisotopic (exact) mass is 729 g/mol. The zero-order chi connectivity index (χ0) is 37.0. The normalized spacial score (nSPS) is 11.6. The highest BCUT2D eigenvalue weighted by molar-refractivity contribution is 7.26. The molecule has 0 N–H and O–H groups in total. The van der Waals surface area contributed by atoms with Gasteiger partial charge in [0, 0.05) is 36.6 Å². The number of fused-ring (bicyclic) bond motifs is 6. The SMILES string of the molecule is c1ccc(-c2ccc(-n3c4ccccc4c4ccc(-c5cc(-c6cccc(-c7ccccc7)c6)cc(-c6cccc7c6sc6ccccc67)c5)cc43)cc2)cc1.